The Morgan fingerprint density at radius 2 is 2.17 bits per heavy atom. The highest BCUT2D eigenvalue weighted by atomic mass is 16.5. The van der Waals surface area contributed by atoms with E-state index in [1.165, 1.54) is 11.1 Å². The molecule has 0 bridgehead atoms. The average Bonchev–Trinajstić information content (AvgIpc) is 3.01. The van der Waals surface area contributed by atoms with Gasteiger partial charge in [0.2, 0.25) is 0 Å². The Hall–Kier alpha value is -2.34. The predicted molar refractivity (Wildman–Crippen MR) is 92.4 cm³/mol. The molecule has 6 nitrogen and oxygen atoms in total. The van der Waals surface area contributed by atoms with E-state index in [0.29, 0.717) is 5.56 Å². The predicted octanol–water partition coefficient (Wildman–Crippen LogP) is 1.73. The molecule has 1 saturated heterocycles. The van der Waals surface area contributed by atoms with Crippen molar-refractivity contribution in [3.8, 4) is 5.75 Å². The first kappa shape index (κ1) is 15.2. The summed E-state index contributed by atoms with van der Waals surface area (Å²) in [6, 6.07) is 6.33. The molecule has 1 atom stereocenters. The van der Waals surface area contributed by atoms with Gasteiger partial charge in [0.15, 0.2) is 0 Å². The Balaban J connectivity index is 1.52. The summed E-state index contributed by atoms with van der Waals surface area (Å²) in [5, 5.41) is 9.79. The molecule has 1 aromatic carbocycles. The molecule has 0 radical (unpaired) electrons. The van der Waals surface area contributed by atoms with Crippen molar-refractivity contribution >= 4 is 5.69 Å². The lowest BCUT2D eigenvalue weighted by atomic mass is 10.1. The first-order chi connectivity index (χ1) is 11.7. The van der Waals surface area contributed by atoms with Crippen LogP contribution in [-0.4, -0.2) is 29.4 Å². The molecule has 2 aromatic rings. The summed E-state index contributed by atoms with van der Waals surface area (Å²) in [5.41, 5.74) is 4.02. The molecule has 0 amide bonds. The zero-order chi connectivity index (χ0) is 16.5. The van der Waals surface area contributed by atoms with Crippen molar-refractivity contribution in [3.63, 3.8) is 0 Å². The summed E-state index contributed by atoms with van der Waals surface area (Å²) < 4.78 is 6.12. The summed E-state index contributed by atoms with van der Waals surface area (Å²) in [5.74, 6) is 0.935. The summed E-state index contributed by atoms with van der Waals surface area (Å²) in [6.07, 6.45) is 4.26. The molecule has 2 aliphatic heterocycles. The summed E-state index contributed by atoms with van der Waals surface area (Å²) >= 11 is 0. The maximum atomic E-state index is 11.8. The third-order valence-electron chi connectivity index (χ3n) is 4.87. The molecule has 126 valence electrons. The topological polar surface area (TPSA) is 70.2 Å². The van der Waals surface area contributed by atoms with Gasteiger partial charge in [-0.1, -0.05) is 6.07 Å². The molecule has 24 heavy (non-hydrogen) atoms. The first-order valence-electron chi connectivity index (χ1n) is 8.49. The van der Waals surface area contributed by atoms with Crippen LogP contribution in [0, 0.1) is 6.92 Å². The number of H-pyrrole nitrogens is 1. The number of hydrogen-bond donors (Lipinski definition) is 2. The third kappa shape index (κ3) is 2.89. The number of aromatic amines is 1. The number of fused-ring (bicyclic) bond motifs is 1. The Labute approximate surface area is 140 Å². The molecule has 1 aromatic heterocycles. The van der Waals surface area contributed by atoms with Crippen LogP contribution in [-0.2, 0) is 13.1 Å². The lowest BCUT2D eigenvalue weighted by molar-refractivity contribution is 0.167. The highest BCUT2D eigenvalue weighted by Gasteiger charge is 2.23. The molecule has 3 heterocycles. The van der Waals surface area contributed by atoms with E-state index in [2.05, 4.69) is 38.6 Å². The zero-order valence-electron chi connectivity index (χ0n) is 13.8. The third-order valence-corrected chi connectivity index (χ3v) is 4.87. The molecular formula is C18H22N4O2. The van der Waals surface area contributed by atoms with Gasteiger partial charge in [-0.2, -0.15) is 5.10 Å². The van der Waals surface area contributed by atoms with E-state index in [1.54, 1.807) is 6.20 Å². The van der Waals surface area contributed by atoms with Gasteiger partial charge in [0, 0.05) is 25.2 Å². The van der Waals surface area contributed by atoms with E-state index in [1.807, 2.05) is 6.92 Å². The van der Waals surface area contributed by atoms with E-state index in [-0.39, 0.29) is 11.7 Å². The highest BCUT2D eigenvalue weighted by Crippen LogP contribution is 2.31. The van der Waals surface area contributed by atoms with Crippen molar-refractivity contribution in [1.29, 1.82) is 0 Å². The minimum absolute atomic E-state index is 0.128. The number of nitrogens with zero attached hydrogens (tertiary/aromatic N) is 2. The number of nitrogens with one attached hydrogen (secondary N) is 2. The Morgan fingerprint density at radius 1 is 1.29 bits per heavy atom. The van der Waals surface area contributed by atoms with Gasteiger partial charge in [-0.15, -0.1) is 0 Å². The van der Waals surface area contributed by atoms with E-state index in [4.69, 9.17) is 4.74 Å². The van der Waals surface area contributed by atoms with Crippen LogP contribution in [0.1, 0.15) is 29.5 Å². The zero-order valence-corrected chi connectivity index (χ0v) is 13.8. The molecule has 1 fully saturated rings. The second-order valence-corrected chi connectivity index (χ2v) is 6.58. The molecule has 2 aliphatic rings. The van der Waals surface area contributed by atoms with Gasteiger partial charge in [0.1, 0.15) is 11.9 Å². The number of rotatable bonds is 3. The number of piperidine rings is 1. The van der Waals surface area contributed by atoms with Gasteiger partial charge in [-0.3, -0.25) is 4.79 Å². The molecule has 2 N–H and O–H groups in total. The molecule has 0 aliphatic carbocycles. The normalized spacial score (nSPS) is 20.0. The van der Waals surface area contributed by atoms with Gasteiger partial charge >= 0.3 is 0 Å². The SMILES string of the molecule is Cc1c(N2Cc3ccc(OC4CCCNC4)cc3C2)cn[nH]c1=O. The van der Waals surface area contributed by atoms with E-state index in [9.17, 15) is 4.79 Å². The lowest BCUT2D eigenvalue weighted by Gasteiger charge is -2.24. The van der Waals surface area contributed by atoms with Crippen molar-refractivity contribution in [2.75, 3.05) is 18.0 Å². The second kappa shape index (κ2) is 6.28. The number of aromatic nitrogens is 2. The molecule has 4 rings (SSSR count). The molecule has 1 unspecified atom stereocenters. The number of anilines is 1. The summed E-state index contributed by atoms with van der Waals surface area (Å²) in [6.45, 7) is 5.42. The van der Waals surface area contributed by atoms with Crippen LogP contribution in [0.25, 0.3) is 0 Å². The fourth-order valence-electron chi connectivity index (χ4n) is 3.50. The van der Waals surface area contributed by atoms with Gasteiger partial charge in [0.25, 0.3) is 5.56 Å². The van der Waals surface area contributed by atoms with Crippen LogP contribution < -0.4 is 20.5 Å². The Morgan fingerprint density at radius 3 is 3.00 bits per heavy atom. The monoisotopic (exact) mass is 326 g/mol. The number of hydrogen-bond acceptors (Lipinski definition) is 5. The fraction of sp³-hybridized carbons (Fsp3) is 0.444. The average molecular weight is 326 g/mol. The van der Waals surface area contributed by atoms with Crippen LogP contribution in [0.5, 0.6) is 5.75 Å². The van der Waals surface area contributed by atoms with Gasteiger partial charge in [0.05, 0.1) is 11.9 Å². The van der Waals surface area contributed by atoms with Crippen molar-refractivity contribution in [2.24, 2.45) is 0 Å². The summed E-state index contributed by atoms with van der Waals surface area (Å²) in [7, 11) is 0. The Bertz CT molecular complexity index is 796. The number of ether oxygens (including phenoxy) is 1. The maximum Gasteiger partial charge on any atom is 0.269 e. The van der Waals surface area contributed by atoms with Gasteiger partial charge in [-0.05, 0) is 49.6 Å². The minimum atomic E-state index is -0.128. The fourth-order valence-corrected chi connectivity index (χ4v) is 3.50. The number of benzene rings is 1. The highest BCUT2D eigenvalue weighted by molar-refractivity contribution is 5.55. The lowest BCUT2D eigenvalue weighted by Crippen LogP contribution is -2.37. The van der Waals surface area contributed by atoms with Gasteiger partial charge in [-0.25, -0.2) is 5.10 Å². The van der Waals surface area contributed by atoms with Crippen LogP contribution in [0.15, 0.2) is 29.2 Å². The Kier molecular flexibility index (Phi) is 3.98. The summed E-state index contributed by atoms with van der Waals surface area (Å²) in [4.78, 5) is 14.0. The van der Waals surface area contributed by atoms with Gasteiger partial charge < -0.3 is 15.0 Å². The second-order valence-electron chi connectivity index (χ2n) is 6.58. The molecular weight excluding hydrogens is 304 g/mol. The smallest absolute Gasteiger partial charge is 0.269 e. The van der Waals surface area contributed by atoms with E-state index in [0.717, 1.165) is 50.5 Å². The van der Waals surface area contributed by atoms with Crippen molar-refractivity contribution in [3.05, 3.63) is 51.4 Å². The van der Waals surface area contributed by atoms with Crippen molar-refractivity contribution < 1.29 is 4.74 Å². The van der Waals surface area contributed by atoms with Crippen LogP contribution in [0.4, 0.5) is 5.69 Å². The molecule has 6 heteroatoms. The largest absolute Gasteiger partial charge is 0.489 e. The van der Waals surface area contributed by atoms with Crippen LogP contribution >= 0.6 is 0 Å². The van der Waals surface area contributed by atoms with E-state index >= 15 is 0 Å². The van der Waals surface area contributed by atoms with Crippen molar-refractivity contribution in [2.45, 2.75) is 39.0 Å². The molecule has 0 spiro atoms. The quantitative estimate of drug-likeness (QED) is 0.899. The standard InChI is InChI=1S/C18H22N4O2/c1-12-17(9-20-21-18(12)23)22-10-13-4-5-15(7-14(13)11-22)24-16-3-2-6-19-8-16/h4-5,7,9,16,19H,2-3,6,8,10-11H2,1H3,(H,21,23). The molecule has 0 saturated carbocycles. The van der Waals surface area contributed by atoms with E-state index < -0.39 is 0 Å². The minimum Gasteiger partial charge on any atom is -0.489 e. The van der Waals surface area contributed by atoms with Crippen LogP contribution in [0.3, 0.4) is 0 Å². The maximum absolute atomic E-state index is 11.8. The first-order valence-corrected chi connectivity index (χ1v) is 8.49. The van der Waals surface area contributed by atoms with Crippen molar-refractivity contribution in [1.82, 2.24) is 15.5 Å². The van der Waals surface area contributed by atoms with Crippen LogP contribution in [0.2, 0.25) is 0 Å².